The molecule has 3 rings (SSSR count). The fourth-order valence-electron chi connectivity index (χ4n) is 2.27. The van der Waals surface area contributed by atoms with Crippen LogP contribution in [0, 0.1) is 5.41 Å². The second kappa shape index (κ2) is 4.74. The lowest BCUT2D eigenvalue weighted by molar-refractivity contribution is -0.143. The maximum absolute atomic E-state index is 11.0. The molecule has 1 aliphatic carbocycles. The van der Waals surface area contributed by atoms with Crippen LogP contribution in [-0.2, 0) is 11.2 Å². The van der Waals surface area contributed by atoms with Crippen LogP contribution in [-0.4, -0.2) is 31.0 Å². The van der Waals surface area contributed by atoms with E-state index in [4.69, 9.17) is 14.6 Å². The van der Waals surface area contributed by atoms with Gasteiger partial charge in [0.15, 0.2) is 11.5 Å². The minimum absolute atomic E-state index is 0.290. The number of fused-ring (bicyclic) bond motifs is 1. The predicted molar refractivity (Wildman–Crippen MR) is 68.4 cm³/mol. The van der Waals surface area contributed by atoms with Crippen molar-refractivity contribution in [2.24, 2.45) is 5.41 Å². The summed E-state index contributed by atoms with van der Waals surface area (Å²) in [4.78, 5) is 11.0. The van der Waals surface area contributed by atoms with Crippen LogP contribution >= 0.6 is 0 Å². The van der Waals surface area contributed by atoms with Gasteiger partial charge in [-0.15, -0.1) is 0 Å². The Morgan fingerprint density at radius 2 is 2.11 bits per heavy atom. The van der Waals surface area contributed by atoms with Crippen LogP contribution in [0.1, 0.15) is 18.4 Å². The Hall–Kier alpha value is -1.75. The molecule has 1 aromatic rings. The maximum Gasteiger partial charge on any atom is 0.310 e. The Morgan fingerprint density at radius 3 is 2.84 bits per heavy atom. The molecule has 5 nitrogen and oxygen atoms in total. The van der Waals surface area contributed by atoms with Crippen molar-refractivity contribution in [3.63, 3.8) is 0 Å². The number of carboxylic acids is 1. The third-order valence-corrected chi connectivity index (χ3v) is 3.80. The van der Waals surface area contributed by atoms with Crippen LogP contribution in [0.5, 0.6) is 11.5 Å². The zero-order valence-electron chi connectivity index (χ0n) is 10.6. The van der Waals surface area contributed by atoms with Gasteiger partial charge in [0.05, 0.1) is 5.41 Å². The lowest BCUT2D eigenvalue weighted by Crippen LogP contribution is -2.31. The predicted octanol–water partition coefficient (Wildman–Crippen LogP) is 1.41. The molecule has 2 N–H and O–H groups in total. The van der Waals surface area contributed by atoms with Gasteiger partial charge in [0.25, 0.3) is 0 Å². The molecule has 5 heteroatoms. The summed E-state index contributed by atoms with van der Waals surface area (Å²) < 4.78 is 10.6. The standard InChI is InChI=1S/C14H17NO4/c16-13(17)14(4-5-14)8-15-6-3-10-1-2-11-12(7-10)19-9-18-11/h1-2,7,15H,3-6,8-9H2,(H,16,17). The van der Waals surface area contributed by atoms with Crippen molar-refractivity contribution in [1.29, 1.82) is 0 Å². The fourth-order valence-corrected chi connectivity index (χ4v) is 2.27. The summed E-state index contributed by atoms with van der Waals surface area (Å²) >= 11 is 0. The van der Waals surface area contributed by atoms with Crippen molar-refractivity contribution in [3.8, 4) is 11.5 Å². The number of hydrogen-bond acceptors (Lipinski definition) is 4. The highest BCUT2D eigenvalue weighted by Gasteiger charge is 2.49. The van der Waals surface area contributed by atoms with Gasteiger partial charge in [-0.1, -0.05) is 6.07 Å². The van der Waals surface area contributed by atoms with E-state index in [1.54, 1.807) is 0 Å². The van der Waals surface area contributed by atoms with E-state index in [2.05, 4.69) is 5.32 Å². The SMILES string of the molecule is O=C(O)C1(CNCCc2ccc3c(c2)OCO3)CC1. The van der Waals surface area contributed by atoms with Crippen LogP contribution in [0.2, 0.25) is 0 Å². The van der Waals surface area contributed by atoms with Crippen molar-refractivity contribution in [3.05, 3.63) is 23.8 Å². The summed E-state index contributed by atoms with van der Waals surface area (Å²) in [6.45, 7) is 1.62. The van der Waals surface area contributed by atoms with Gasteiger partial charge < -0.3 is 19.9 Å². The van der Waals surface area contributed by atoms with E-state index in [9.17, 15) is 4.79 Å². The van der Waals surface area contributed by atoms with E-state index < -0.39 is 11.4 Å². The van der Waals surface area contributed by atoms with Crippen molar-refractivity contribution >= 4 is 5.97 Å². The zero-order valence-corrected chi connectivity index (χ0v) is 10.6. The molecule has 2 aliphatic rings. The average Bonchev–Trinajstić information content (AvgIpc) is 3.05. The normalized spacial score (nSPS) is 18.3. The molecule has 0 amide bonds. The number of ether oxygens (including phenoxy) is 2. The number of hydrogen-bond donors (Lipinski definition) is 2. The van der Waals surface area contributed by atoms with Gasteiger partial charge in [-0.2, -0.15) is 0 Å². The third kappa shape index (κ3) is 2.51. The molecule has 0 radical (unpaired) electrons. The quantitative estimate of drug-likeness (QED) is 0.760. The summed E-state index contributed by atoms with van der Waals surface area (Å²) in [5, 5.41) is 12.3. The van der Waals surface area contributed by atoms with Crippen LogP contribution < -0.4 is 14.8 Å². The first kappa shape index (κ1) is 12.3. The average molecular weight is 263 g/mol. The topological polar surface area (TPSA) is 67.8 Å². The molecule has 0 spiro atoms. The highest BCUT2D eigenvalue weighted by Crippen LogP contribution is 2.45. The number of nitrogens with one attached hydrogen (secondary N) is 1. The van der Waals surface area contributed by atoms with E-state index in [0.29, 0.717) is 6.54 Å². The molecule has 1 heterocycles. The molecule has 0 bridgehead atoms. The van der Waals surface area contributed by atoms with Gasteiger partial charge in [0, 0.05) is 6.54 Å². The van der Waals surface area contributed by atoms with Gasteiger partial charge in [-0.3, -0.25) is 4.79 Å². The van der Waals surface area contributed by atoms with Gasteiger partial charge in [0.2, 0.25) is 6.79 Å². The fraction of sp³-hybridized carbons (Fsp3) is 0.500. The first-order chi connectivity index (χ1) is 9.20. The number of aliphatic carboxylic acids is 1. The summed E-state index contributed by atoms with van der Waals surface area (Å²) in [6, 6.07) is 5.91. The lowest BCUT2D eigenvalue weighted by atomic mass is 10.1. The van der Waals surface area contributed by atoms with E-state index >= 15 is 0 Å². The minimum atomic E-state index is -0.678. The summed E-state index contributed by atoms with van der Waals surface area (Å²) in [5.74, 6) is 0.907. The van der Waals surface area contributed by atoms with Gasteiger partial charge >= 0.3 is 5.97 Å². The molecule has 1 saturated carbocycles. The Morgan fingerprint density at radius 1 is 1.32 bits per heavy atom. The van der Waals surface area contributed by atoms with E-state index in [1.165, 1.54) is 0 Å². The molecule has 1 aromatic carbocycles. The Kier molecular flexibility index (Phi) is 3.06. The van der Waals surface area contributed by atoms with Crippen LogP contribution in [0.15, 0.2) is 18.2 Å². The molecule has 1 fully saturated rings. The molecule has 1 aliphatic heterocycles. The summed E-state index contributed by atoms with van der Waals surface area (Å²) in [5.41, 5.74) is 0.673. The van der Waals surface area contributed by atoms with Gasteiger partial charge in [0.1, 0.15) is 0 Å². The monoisotopic (exact) mass is 263 g/mol. The Balaban J connectivity index is 1.47. The first-order valence-corrected chi connectivity index (χ1v) is 6.52. The summed E-state index contributed by atoms with van der Waals surface area (Å²) in [7, 11) is 0. The van der Waals surface area contributed by atoms with Gasteiger partial charge in [-0.25, -0.2) is 0 Å². The maximum atomic E-state index is 11.0. The molecule has 19 heavy (non-hydrogen) atoms. The van der Waals surface area contributed by atoms with Crippen molar-refractivity contribution in [2.75, 3.05) is 19.9 Å². The smallest absolute Gasteiger partial charge is 0.310 e. The molecule has 0 unspecified atom stereocenters. The second-order valence-electron chi connectivity index (χ2n) is 5.20. The number of carbonyl (C=O) groups is 1. The highest BCUT2D eigenvalue weighted by molar-refractivity contribution is 5.78. The molecule has 0 saturated heterocycles. The van der Waals surface area contributed by atoms with Crippen molar-refractivity contribution in [2.45, 2.75) is 19.3 Å². The molecular formula is C14H17NO4. The minimum Gasteiger partial charge on any atom is -0.481 e. The number of benzene rings is 1. The van der Waals surface area contributed by atoms with Gasteiger partial charge in [-0.05, 0) is 43.5 Å². The van der Waals surface area contributed by atoms with E-state index in [0.717, 1.165) is 42.9 Å². The molecule has 0 atom stereocenters. The molecular weight excluding hydrogens is 246 g/mol. The third-order valence-electron chi connectivity index (χ3n) is 3.80. The molecule has 102 valence electrons. The molecule has 0 aromatic heterocycles. The van der Waals surface area contributed by atoms with Crippen LogP contribution in [0.3, 0.4) is 0 Å². The number of rotatable bonds is 6. The van der Waals surface area contributed by atoms with Crippen LogP contribution in [0.4, 0.5) is 0 Å². The Bertz CT molecular complexity index is 496. The largest absolute Gasteiger partial charge is 0.481 e. The Labute approximate surface area is 111 Å². The van der Waals surface area contributed by atoms with E-state index in [1.807, 2.05) is 18.2 Å². The lowest BCUT2D eigenvalue weighted by Gasteiger charge is -2.11. The number of carboxylic acid groups (broad SMARTS) is 1. The second-order valence-corrected chi connectivity index (χ2v) is 5.20. The van der Waals surface area contributed by atoms with E-state index in [-0.39, 0.29) is 6.79 Å². The highest BCUT2D eigenvalue weighted by atomic mass is 16.7. The van der Waals surface area contributed by atoms with Crippen LogP contribution in [0.25, 0.3) is 0 Å². The van der Waals surface area contributed by atoms with Crippen molar-refractivity contribution < 1.29 is 19.4 Å². The zero-order chi connectivity index (χ0) is 13.3. The first-order valence-electron chi connectivity index (χ1n) is 6.52. The summed E-state index contributed by atoms with van der Waals surface area (Å²) in [6.07, 6.45) is 2.44. The van der Waals surface area contributed by atoms with Crippen molar-refractivity contribution in [1.82, 2.24) is 5.32 Å².